The van der Waals surface area contributed by atoms with Crippen molar-refractivity contribution >= 4 is 17.0 Å². The van der Waals surface area contributed by atoms with Crippen molar-refractivity contribution in [1.29, 1.82) is 0 Å². The molecule has 0 amide bonds. The van der Waals surface area contributed by atoms with E-state index < -0.39 is 0 Å². The highest BCUT2D eigenvalue weighted by molar-refractivity contribution is 5.81. The van der Waals surface area contributed by atoms with Crippen LogP contribution >= 0.6 is 0 Å². The van der Waals surface area contributed by atoms with E-state index in [1.165, 1.54) is 60.9 Å². The summed E-state index contributed by atoms with van der Waals surface area (Å²) < 4.78 is 3.26. The fourth-order valence-corrected chi connectivity index (χ4v) is 4.22. The molecule has 0 bridgehead atoms. The third-order valence-electron chi connectivity index (χ3n) is 5.73. The van der Waals surface area contributed by atoms with Gasteiger partial charge in [0, 0.05) is 18.5 Å². The van der Waals surface area contributed by atoms with E-state index in [1.54, 1.807) is 0 Å². The van der Waals surface area contributed by atoms with Crippen LogP contribution in [0.5, 0.6) is 0 Å². The number of pyridine rings is 1. The number of likely N-dealkylation sites (tertiary alicyclic amines) is 1. The lowest BCUT2D eigenvalue weighted by molar-refractivity contribution is -0.895. The fraction of sp³-hybridized carbons (Fsp3) is 0.611. The maximum atomic E-state index is 6.35. The van der Waals surface area contributed by atoms with Gasteiger partial charge in [-0.05, 0) is 37.3 Å². The SMILES string of the molecule is C[N+]1(CCNc2nn3c4c(ccc3c2N)CCCC4)CCCC1. The molecule has 2 aromatic heterocycles. The quantitative estimate of drug-likeness (QED) is 0.852. The van der Waals surface area contributed by atoms with Gasteiger partial charge in [-0.2, -0.15) is 0 Å². The molecule has 2 aliphatic rings. The third kappa shape index (κ3) is 2.67. The van der Waals surface area contributed by atoms with Gasteiger partial charge in [0.1, 0.15) is 5.69 Å². The first kappa shape index (κ1) is 14.8. The number of rotatable bonds is 4. The van der Waals surface area contributed by atoms with E-state index in [9.17, 15) is 0 Å². The average molecular weight is 314 g/mol. The van der Waals surface area contributed by atoms with Crippen LogP contribution in [0.25, 0.3) is 5.52 Å². The van der Waals surface area contributed by atoms with Crippen molar-refractivity contribution in [3.05, 3.63) is 23.4 Å². The highest BCUT2D eigenvalue weighted by Crippen LogP contribution is 2.29. The topological polar surface area (TPSA) is 55.4 Å². The summed E-state index contributed by atoms with van der Waals surface area (Å²) in [7, 11) is 2.36. The Morgan fingerprint density at radius 1 is 1.17 bits per heavy atom. The van der Waals surface area contributed by atoms with Crippen molar-refractivity contribution in [1.82, 2.24) is 9.61 Å². The smallest absolute Gasteiger partial charge is 0.172 e. The first-order valence-electron chi connectivity index (χ1n) is 9.03. The first-order chi connectivity index (χ1) is 11.2. The number of likely N-dealkylation sites (N-methyl/N-ethyl adjacent to an activating group) is 1. The van der Waals surface area contributed by atoms with Crippen molar-refractivity contribution in [2.45, 2.75) is 38.5 Å². The minimum Gasteiger partial charge on any atom is -0.394 e. The molecule has 3 N–H and O–H groups in total. The Morgan fingerprint density at radius 3 is 2.78 bits per heavy atom. The summed E-state index contributed by atoms with van der Waals surface area (Å²) in [6.45, 7) is 4.68. The van der Waals surface area contributed by atoms with E-state index in [2.05, 4.69) is 29.0 Å². The second-order valence-corrected chi connectivity index (χ2v) is 7.50. The van der Waals surface area contributed by atoms with Crippen LogP contribution in [0.15, 0.2) is 12.1 Å². The molecule has 1 fully saturated rings. The summed E-state index contributed by atoms with van der Waals surface area (Å²) >= 11 is 0. The number of nitrogens with zero attached hydrogens (tertiary/aromatic N) is 3. The zero-order chi connectivity index (χ0) is 15.9. The molecule has 1 aliphatic heterocycles. The molecule has 124 valence electrons. The Hall–Kier alpha value is -1.75. The van der Waals surface area contributed by atoms with E-state index >= 15 is 0 Å². The van der Waals surface area contributed by atoms with Gasteiger partial charge >= 0.3 is 0 Å². The molecule has 0 radical (unpaired) electrons. The van der Waals surface area contributed by atoms with Gasteiger partial charge in [0.05, 0.1) is 38.7 Å². The summed E-state index contributed by atoms with van der Waals surface area (Å²) in [4.78, 5) is 0. The predicted molar refractivity (Wildman–Crippen MR) is 94.8 cm³/mol. The molecular weight excluding hydrogens is 286 g/mol. The molecule has 0 saturated carbocycles. The lowest BCUT2D eigenvalue weighted by atomic mass is 9.96. The summed E-state index contributed by atoms with van der Waals surface area (Å²) in [6, 6.07) is 4.37. The number of anilines is 2. The number of aromatic nitrogens is 2. The van der Waals surface area contributed by atoms with Crippen LogP contribution < -0.4 is 11.1 Å². The Balaban J connectivity index is 1.54. The maximum absolute atomic E-state index is 6.35. The third-order valence-corrected chi connectivity index (χ3v) is 5.73. The molecule has 5 heteroatoms. The number of fused-ring (bicyclic) bond motifs is 3. The van der Waals surface area contributed by atoms with Gasteiger partial charge in [0.2, 0.25) is 0 Å². The second kappa shape index (κ2) is 5.71. The van der Waals surface area contributed by atoms with Gasteiger partial charge < -0.3 is 15.5 Å². The van der Waals surface area contributed by atoms with Crippen molar-refractivity contribution < 1.29 is 4.48 Å². The Kier molecular flexibility index (Phi) is 3.68. The fourth-order valence-electron chi connectivity index (χ4n) is 4.22. The molecule has 1 aliphatic carbocycles. The molecule has 0 atom stereocenters. The highest BCUT2D eigenvalue weighted by Gasteiger charge is 2.26. The summed E-state index contributed by atoms with van der Waals surface area (Å²) in [5.41, 5.74) is 11.0. The maximum Gasteiger partial charge on any atom is 0.172 e. The standard InChI is InChI=1S/C18H28N5/c1-23(11-4-5-12-23)13-10-20-18-17(19)16-9-8-14-6-2-3-7-15(14)22(16)21-18/h8-9H,2-7,10-13,19H2,1H3,(H,20,21)/q+1. The molecule has 5 nitrogen and oxygen atoms in total. The highest BCUT2D eigenvalue weighted by atomic mass is 15.4. The van der Waals surface area contributed by atoms with Crippen molar-refractivity contribution in [2.75, 3.05) is 44.3 Å². The number of nitrogen functional groups attached to an aromatic ring is 1. The number of nitrogens with two attached hydrogens (primary N) is 1. The normalized spacial score (nSPS) is 19.9. The van der Waals surface area contributed by atoms with Crippen LogP contribution in [0.3, 0.4) is 0 Å². The number of hydrogen-bond acceptors (Lipinski definition) is 3. The zero-order valence-corrected chi connectivity index (χ0v) is 14.1. The van der Waals surface area contributed by atoms with Gasteiger partial charge in [-0.25, -0.2) is 4.52 Å². The number of aryl methyl sites for hydroxylation is 2. The minimum atomic E-state index is 0.794. The van der Waals surface area contributed by atoms with E-state index in [1.807, 2.05) is 0 Å². The second-order valence-electron chi connectivity index (χ2n) is 7.50. The van der Waals surface area contributed by atoms with E-state index in [-0.39, 0.29) is 0 Å². The van der Waals surface area contributed by atoms with Gasteiger partial charge in [-0.15, -0.1) is 5.10 Å². The Labute approximate surface area is 138 Å². The lowest BCUT2D eigenvalue weighted by Gasteiger charge is -2.29. The molecule has 1 saturated heterocycles. The Morgan fingerprint density at radius 2 is 1.96 bits per heavy atom. The molecule has 3 heterocycles. The van der Waals surface area contributed by atoms with Crippen LogP contribution in [0.4, 0.5) is 11.5 Å². The van der Waals surface area contributed by atoms with E-state index in [0.29, 0.717) is 0 Å². The molecular formula is C18H28N5+. The molecule has 2 aromatic rings. The largest absolute Gasteiger partial charge is 0.394 e. The van der Waals surface area contributed by atoms with Crippen molar-refractivity contribution in [2.24, 2.45) is 0 Å². The molecule has 4 rings (SSSR count). The summed E-state index contributed by atoms with van der Waals surface area (Å²) in [5.74, 6) is 0.856. The molecule has 0 spiro atoms. The van der Waals surface area contributed by atoms with Crippen LogP contribution in [0.2, 0.25) is 0 Å². The van der Waals surface area contributed by atoms with Gasteiger partial charge in [-0.1, -0.05) is 6.07 Å². The van der Waals surface area contributed by atoms with Gasteiger partial charge in [0.15, 0.2) is 5.82 Å². The first-order valence-corrected chi connectivity index (χ1v) is 9.03. The molecule has 23 heavy (non-hydrogen) atoms. The lowest BCUT2D eigenvalue weighted by Crippen LogP contribution is -2.44. The van der Waals surface area contributed by atoms with Crippen LogP contribution in [-0.2, 0) is 12.8 Å². The number of nitrogens with one attached hydrogen (secondary N) is 1. The minimum absolute atomic E-state index is 0.794. The average Bonchev–Trinajstić information content (AvgIpc) is 3.13. The van der Waals surface area contributed by atoms with Gasteiger partial charge in [-0.3, -0.25) is 0 Å². The monoisotopic (exact) mass is 314 g/mol. The number of hydrogen-bond donors (Lipinski definition) is 2. The van der Waals surface area contributed by atoms with Crippen molar-refractivity contribution in [3.8, 4) is 0 Å². The molecule has 0 aromatic carbocycles. The van der Waals surface area contributed by atoms with Crippen LogP contribution in [0.1, 0.15) is 36.9 Å². The summed E-state index contributed by atoms with van der Waals surface area (Å²) in [5, 5.41) is 8.27. The van der Waals surface area contributed by atoms with E-state index in [0.717, 1.165) is 36.5 Å². The molecule has 0 unspecified atom stereocenters. The van der Waals surface area contributed by atoms with Gasteiger partial charge in [0.25, 0.3) is 0 Å². The zero-order valence-electron chi connectivity index (χ0n) is 14.1. The Bertz CT molecular complexity index is 712. The predicted octanol–water partition coefficient (Wildman–Crippen LogP) is 2.45. The number of quaternary nitrogens is 1. The van der Waals surface area contributed by atoms with Crippen LogP contribution in [-0.4, -0.2) is 47.3 Å². The van der Waals surface area contributed by atoms with Crippen molar-refractivity contribution in [3.63, 3.8) is 0 Å². The van der Waals surface area contributed by atoms with Crippen LogP contribution in [0, 0.1) is 0 Å². The summed E-state index contributed by atoms with van der Waals surface area (Å²) in [6.07, 6.45) is 7.55. The van der Waals surface area contributed by atoms with E-state index in [4.69, 9.17) is 10.8 Å².